The molecular formula is C14H15Cl2N5. The lowest BCUT2D eigenvalue weighted by molar-refractivity contribution is 0.643. The highest BCUT2D eigenvalue weighted by Crippen LogP contribution is 2.25. The van der Waals surface area contributed by atoms with Gasteiger partial charge in [0.15, 0.2) is 5.82 Å². The minimum Gasteiger partial charge on any atom is -0.320 e. The van der Waals surface area contributed by atoms with Gasteiger partial charge < -0.3 is 9.13 Å². The summed E-state index contributed by atoms with van der Waals surface area (Å²) in [5, 5.41) is 8.82. The molecule has 0 atom stereocenters. The van der Waals surface area contributed by atoms with Crippen molar-refractivity contribution in [3.8, 4) is 0 Å². The number of alkyl halides is 1. The summed E-state index contributed by atoms with van der Waals surface area (Å²) < 4.78 is 4.13. The van der Waals surface area contributed by atoms with Crippen LogP contribution in [0.15, 0.2) is 24.5 Å². The zero-order chi connectivity index (χ0) is 14.8. The molecule has 0 aliphatic heterocycles. The summed E-state index contributed by atoms with van der Waals surface area (Å²) in [6.07, 6.45) is 2.43. The van der Waals surface area contributed by atoms with E-state index in [9.17, 15) is 0 Å². The normalized spacial score (nSPS) is 11.4. The maximum atomic E-state index is 6.24. The van der Waals surface area contributed by atoms with Gasteiger partial charge in [-0.05, 0) is 19.1 Å². The number of benzene rings is 1. The van der Waals surface area contributed by atoms with Gasteiger partial charge in [0, 0.05) is 18.8 Å². The minimum absolute atomic E-state index is 0.515. The summed E-state index contributed by atoms with van der Waals surface area (Å²) >= 11 is 12.1. The molecule has 0 aliphatic rings. The Hall–Kier alpha value is -1.59. The second kappa shape index (κ2) is 6.03. The van der Waals surface area contributed by atoms with E-state index in [0.29, 0.717) is 23.9 Å². The van der Waals surface area contributed by atoms with Crippen molar-refractivity contribution in [1.82, 2.24) is 24.3 Å². The van der Waals surface area contributed by atoms with Crippen LogP contribution >= 0.6 is 23.2 Å². The maximum absolute atomic E-state index is 6.24. The summed E-state index contributed by atoms with van der Waals surface area (Å²) in [5.74, 6) is 2.33. The number of nitrogens with zero attached hydrogens (tertiary/aromatic N) is 5. The van der Waals surface area contributed by atoms with Crippen LogP contribution in [0.2, 0.25) is 5.02 Å². The Kier molecular flexibility index (Phi) is 4.12. The fourth-order valence-corrected chi connectivity index (χ4v) is 2.80. The van der Waals surface area contributed by atoms with E-state index in [-0.39, 0.29) is 0 Å². The number of hydrogen-bond acceptors (Lipinski definition) is 3. The van der Waals surface area contributed by atoms with Crippen LogP contribution in [0.1, 0.15) is 18.6 Å². The van der Waals surface area contributed by atoms with Gasteiger partial charge in [-0.15, -0.1) is 21.8 Å². The molecule has 1 aromatic carbocycles. The molecule has 2 aromatic heterocycles. The van der Waals surface area contributed by atoms with Crippen molar-refractivity contribution >= 4 is 34.2 Å². The Morgan fingerprint density at radius 2 is 2.10 bits per heavy atom. The maximum Gasteiger partial charge on any atom is 0.152 e. The van der Waals surface area contributed by atoms with Crippen LogP contribution in [-0.2, 0) is 19.5 Å². The number of fused-ring (bicyclic) bond motifs is 1. The predicted molar refractivity (Wildman–Crippen MR) is 84.0 cm³/mol. The van der Waals surface area contributed by atoms with Crippen molar-refractivity contribution in [3.63, 3.8) is 0 Å². The number of imidazole rings is 1. The Morgan fingerprint density at radius 3 is 2.86 bits per heavy atom. The Balaban J connectivity index is 2.11. The van der Waals surface area contributed by atoms with Gasteiger partial charge in [-0.3, -0.25) is 0 Å². The standard InChI is InChI=1S/C14H15Cl2N5/c1-2-20-9-17-19-13(20)8-21-11-5-3-4-10(16)14(11)18-12(21)6-7-15/h3-5,9H,2,6-8H2,1H3. The summed E-state index contributed by atoms with van der Waals surface area (Å²) in [6, 6.07) is 5.79. The molecule has 3 aromatic rings. The summed E-state index contributed by atoms with van der Waals surface area (Å²) in [5.41, 5.74) is 1.80. The predicted octanol–water partition coefficient (Wildman–Crippen LogP) is 3.13. The second-order valence-corrected chi connectivity index (χ2v) is 5.48. The number of rotatable bonds is 5. The fraction of sp³-hybridized carbons (Fsp3) is 0.357. The van der Waals surface area contributed by atoms with E-state index >= 15 is 0 Å². The van der Waals surface area contributed by atoms with Gasteiger partial charge in [0.1, 0.15) is 17.7 Å². The highest BCUT2D eigenvalue weighted by molar-refractivity contribution is 6.34. The van der Waals surface area contributed by atoms with Crippen molar-refractivity contribution in [1.29, 1.82) is 0 Å². The molecule has 0 spiro atoms. The first-order chi connectivity index (χ1) is 10.2. The molecular weight excluding hydrogens is 309 g/mol. The Morgan fingerprint density at radius 1 is 1.24 bits per heavy atom. The lowest BCUT2D eigenvalue weighted by Gasteiger charge is -2.09. The number of aryl methyl sites for hydroxylation is 2. The van der Waals surface area contributed by atoms with Gasteiger partial charge in [-0.1, -0.05) is 17.7 Å². The lowest BCUT2D eigenvalue weighted by atomic mass is 10.3. The molecule has 3 rings (SSSR count). The smallest absolute Gasteiger partial charge is 0.152 e. The van der Waals surface area contributed by atoms with Gasteiger partial charge in [-0.2, -0.15) is 0 Å². The molecule has 0 saturated carbocycles. The van der Waals surface area contributed by atoms with E-state index in [2.05, 4.69) is 26.7 Å². The molecule has 0 saturated heterocycles. The largest absolute Gasteiger partial charge is 0.320 e. The molecule has 5 nitrogen and oxygen atoms in total. The van der Waals surface area contributed by atoms with Crippen LogP contribution in [0.5, 0.6) is 0 Å². The Bertz CT molecular complexity index is 762. The van der Waals surface area contributed by atoms with Crippen molar-refractivity contribution in [2.24, 2.45) is 0 Å². The minimum atomic E-state index is 0.515. The van der Waals surface area contributed by atoms with Crippen molar-refractivity contribution in [2.75, 3.05) is 5.88 Å². The molecule has 0 bridgehead atoms. The van der Waals surface area contributed by atoms with Crippen molar-refractivity contribution in [3.05, 3.63) is 41.2 Å². The van der Waals surface area contributed by atoms with E-state index in [0.717, 1.165) is 29.2 Å². The monoisotopic (exact) mass is 323 g/mol. The molecule has 2 heterocycles. The first kappa shape index (κ1) is 14.4. The number of aromatic nitrogens is 5. The molecule has 21 heavy (non-hydrogen) atoms. The van der Waals surface area contributed by atoms with E-state index in [1.165, 1.54) is 0 Å². The molecule has 0 radical (unpaired) electrons. The fourth-order valence-electron chi connectivity index (χ4n) is 2.42. The summed E-state index contributed by atoms with van der Waals surface area (Å²) in [6.45, 7) is 3.51. The highest BCUT2D eigenvalue weighted by atomic mass is 35.5. The van der Waals surface area contributed by atoms with E-state index in [4.69, 9.17) is 23.2 Å². The van der Waals surface area contributed by atoms with Crippen LogP contribution in [0.4, 0.5) is 0 Å². The van der Waals surface area contributed by atoms with Crippen molar-refractivity contribution in [2.45, 2.75) is 26.4 Å². The zero-order valence-corrected chi connectivity index (χ0v) is 13.1. The second-order valence-electron chi connectivity index (χ2n) is 4.69. The molecule has 0 unspecified atom stereocenters. The SMILES string of the molecule is CCn1cnnc1Cn1c(CCCl)nc2c(Cl)cccc21. The van der Waals surface area contributed by atoms with E-state index < -0.39 is 0 Å². The molecule has 0 amide bonds. The van der Waals surface area contributed by atoms with Crippen molar-refractivity contribution < 1.29 is 0 Å². The third kappa shape index (κ3) is 2.63. The Labute approximate surface area is 132 Å². The third-order valence-electron chi connectivity index (χ3n) is 3.46. The number of halogens is 2. The average molecular weight is 324 g/mol. The summed E-state index contributed by atoms with van der Waals surface area (Å²) in [7, 11) is 0. The lowest BCUT2D eigenvalue weighted by Crippen LogP contribution is -2.11. The molecule has 7 heteroatoms. The molecule has 0 fully saturated rings. The number of hydrogen-bond donors (Lipinski definition) is 0. The molecule has 0 N–H and O–H groups in total. The van der Waals surface area contributed by atoms with Gasteiger partial charge in [-0.25, -0.2) is 4.98 Å². The van der Waals surface area contributed by atoms with Crippen LogP contribution in [-0.4, -0.2) is 30.2 Å². The van der Waals surface area contributed by atoms with Crippen LogP contribution in [0.3, 0.4) is 0 Å². The van der Waals surface area contributed by atoms with Crippen LogP contribution in [0, 0.1) is 0 Å². The quantitative estimate of drug-likeness (QED) is 0.678. The van der Waals surface area contributed by atoms with Gasteiger partial charge in [0.2, 0.25) is 0 Å². The molecule has 110 valence electrons. The van der Waals surface area contributed by atoms with Crippen LogP contribution in [0.25, 0.3) is 11.0 Å². The first-order valence-electron chi connectivity index (χ1n) is 6.80. The zero-order valence-electron chi connectivity index (χ0n) is 11.6. The van der Waals surface area contributed by atoms with Gasteiger partial charge in [0.25, 0.3) is 0 Å². The topological polar surface area (TPSA) is 48.5 Å². The van der Waals surface area contributed by atoms with Gasteiger partial charge >= 0.3 is 0 Å². The third-order valence-corrected chi connectivity index (χ3v) is 3.96. The van der Waals surface area contributed by atoms with E-state index in [1.807, 2.05) is 22.8 Å². The first-order valence-corrected chi connectivity index (χ1v) is 7.72. The number of para-hydroxylation sites is 1. The van der Waals surface area contributed by atoms with E-state index in [1.54, 1.807) is 6.33 Å². The van der Waals surface area contributed by atoms with Gasteiger partial charge in [0.05, 0.1) is 17.1 Å². The molecule has 0 aliphatic carbocycles. The average Bonchev–Trinajstić information content (AvgIpc) is 3.06. The summed E-state index contributed by atoms with van der Waals surface area (Å²) in [4.78, 5) is 4.63. The highest BCUT2D eigenvalue weighted by Gasteiger charge is 2.15. The van der Waals surface area contributed by atoms with Crippen LogP contribution < -0.4 is 0 Å².